The fourth-order valence-corrected chi connectivity index (χ4v) is 3.28. The monoisotopic (exact) mass is 481 g/mol. The van der Waals surface area contributed by atoms with Gasteiger partial charge in [0.1, 0.15) is 5.75 Å². The maximum atomic E-state index is 12.7. The van der Waals surface area contributed by atoms with Crippen LogP contribution in [0.15, 0.2) is 53.5 Å². The van der Waals surface area contributed by atoms with E-state index in [1.165, 1.54) is 0 Å². The number of ether oxygens (including phenoxy) is 1. The summed E-state index contributed by atoms with van der Waals surface area (Å²) >= 11 is 0. The molecule has 1 amide bonds. The van der Waals surface area contributed by atoms with E-state index in [0.29, 0.717) is 41.7 Å². The predicted molar refractivity (Wildman–Crippen MR) is 130 cm³/mol. The fraction of sp³-hybridized carbons (Fsp3) is 0.318. The maximum Gasteiger partial charge on any atom is 0.343 e. The molecule has 1 saturated heterocycles. The number of aliphatic imine (C=N–C) groups is 1. The SMILES string of the molecule is CC(C)N1CCN(C(=O)c2ccc(OC(=O)c3ccc(N=C(N)N)cc3)cc2)CC1.Cl.Cl. The second-order valence-corrected chi connectivity index (χ2v) is 7.42. The lowest BCUT2D eigenvalue weighted by Gasteiger charge is -2.37. The average Bonchev–Trinajstić information content (AvgIpc) is 2.74. The van der Waals surface area contributed by atoms with E-state index in [1.54, 1.807) is 48.5 Å². The van der Waals surface area contributed by atoms with Gasteiger partial charge in [-0.2, -0.15) is 0 Å². The molecule has 0 aliphatic carbocycles. The lowest BCUT2D eigenvalue weighted by Crippen LogP contribution is -2.50. The molecule has 0 unspecified atom stereocenters. The van der Waals surface area contributed by atoms with Crippen molar-refractivity contribution in [2.45, 2.75) is 19.9 Å². The molecule has 4 N–H and O–H groups in total. The van der Waals surface area contributed by atoms with Crippen molar-refractivity contribution < 1.29 is 14.3 Å². The fourth-order valence-electron chi connectivity index (χ4n) is 3.28. The number of benzene rings is 2. The quantitative estimate of drug-likeness (QED) is 0.293. The highest BCUT2D eigenvalue weighted by Gasteiger charge is 2.23. The minimum atomic E-state index is -0.505. The number of nitrogens with zero attached hydrogens (tertiary/aromatic N) is 3. The molecule has 1 aliphatic rings. The molecule has 1 heterocycles. The van der Waals surface area contributed by atoms with Crippen LogP contribution in [0.3, 0.4) is 0 Å². The lowest BCUT2D eigenvalue weighted by molar-refractivity contribution is 0.0595. The Bertz CT molecular complexity index is 922. The summed E-state index contributed by atoms with van der Waals surface area (Å²) < 4.78 is 5.39. The minimum absolute atomic E-state index is 0. The van der Waals surface area contributed by atoms with Crippen molar-refractivity contribution in [3.8, 4) is 5.75 Å². The molecule has 2 aromatic rings. The van der Waals surface area contributed by atoms with E-state index < -0.39 is 5.97 Å². The van der Waals surface area contributed by atoms with E-state index in [9.17, 15) is 9.59 Å². The topological polar surface area (TPSA) is 114 Å². The van der Waals surface area contributed by atoms with Gasteiger partial charge >= 0.3 is 5.97 Å². The first-order chi connectivity index (χ1) is 14.3. The second-order valence-electron chi connectivity index (χ2n) is 7.42. The van der Waals surface area contributed by atoms with E-state index in [2.05, 4.69) is 23.7 Å². The van der Waals surface area contributed by atoms with Gasteiger partial charge in [0, 0.05) is 37.8 Å². The number of amides is 1. The van der Waals surface area contributed by atoms with Crippen LogP contribution in [0, 0.1) is 0 Å². The Morgan fingerprint density at radius 2 is 1.41 bits per heavy atom. The third kappa shape index (κ3) is 7.12. The summed E-state index contributed by atoms with van der Waals surface area (Å²) in [5.74, 6) is -0.196. The summed E-state index contributed by atoms with van der Waals surface area (Å²) in [6.45, 7) is 7.50. The van der Waals surface area contributed by atoms with Crippen molar-refractivity contribution in [3.05, 3.63) is 59.7 Å². The molecule has 32 heavy (non-hydrogen) atoms. The highest BCUT2D eigenvalue weighted by molar-refractivity contribution is 5.95. The third-order valence-corrected chi connectivity index (χ3v) is 5.00. The van der Waals surface area contributed by atoms with E-state index in [4.69, 9.17) is 16.2 Å². The number of nitrogens with two attached hydrogens (primary N) is 2. The first-order valence-corrected chi connectivity index (χ1v) is 9.89. The van der Waals surface area contributed by atoms with Crippen LogP contribution < -0.4 is 16.2 Å². The number of carbonyl (C=O) groups excluding carboxylic acids is 2. The van der Waals surface area contributed by atoms with Gasteiger partial charge < -0.3 is 21.1 Å². The van der Waals surface area contributed by atoms with Gasteiger partial charge in [-0.3, -0.25) is 9.69 Å². The molecular weight excluding hydrogens is 453 g/mol. The smallest absolute Gasteiger partial charge is 0.343 e. The van der Waals surface area contributed by atoms with Crippen molar-refractivity contribution in [2.75, 3.05) is 26.2 Å². The number of esters is 1. The average molecular weight is 482 g/mol. The van der Waals surface area contributed by atoms with Gasteiger partial charge in [-0.05, 0) is 62.4 Å². The molecule has 174 valence electrons. The number of rotatable bonds is 5. The molecule has 1 aliphatic heterocycles. The predicted octanol–water partition coefficient (Wildman–Crippen LogP) is 2.82. The number of piperazine rings is 1. The van der Waals surface area contributed by atoms with Crippen LogP contribution in [-0.4, -0.2) is 59.9 Å². The van der Waals surface area contributed by atoms with Gasteiger partial charge in [0.15, 0.2) is 5.96 Å². The summed E-state index contributed by atoms with van der Waals surface area (Å²) in [7, 11) is 0. The molecule has 0 spiro atoms. The largest absolute Gasteiger partial charge is 0.423 e. The van der Waals surface area contributed by atoms with Gasteiger partial charge in [0.25, 0.3) is 5.91 Å². The first-order valence-electron chi connectivity index (χ1n) is 9.89. The lowest BCUT2D eigenvalue weighted by atomic mass is 10.1. The first kappa shape index (κ1) is 27.2. The molecule has 2 aromatic carbocycles. The van der Waals surface area contributed by atoms with Gasteiger partial charge in [-0.1, -0.05) is 0 Å². The standard InChI is InChI=1S/C22H27N5O3.2ClH/c1-15(2)26-11-13-27(14-12-26)20(28)16-5-9-19(10-6-16)30-21(29)17-3-7-18(8-4-17)25-22(23)24;;/h3-10,15H,11-14H2,1-2H3,(H4,23,24,25);2*1H. The number of carbonyl (C=O) groups is 2. The Labute approximate surface area is 200 Å². The van der Waals surface area contributed by atoms with Gasteiger partial charge in [-0.15, -0.1) is 24.8 Å². The van der Waals surface area contributed by atoms with Crippen LogP contribution in [0.2, 0.25) is 0 Å². The highest BCUT2D eigenvalue weighted by atomic mass is 35.5. The van der Waals surface area contributed by atoms with Crippen LogP contribution in [0.25, 0.3) is 0 Å². The highest BCUT2D eigenvalue weighted by Crippen LogP contribution is 2.18. The Balaban J connectivity index is 0.00000256. The van der Waals surface area contributed by atoms with Crippen LogP contribution >= 0.6 is 24.8 Å². The van der Waals surface area contributed by atoms with E-state index in [1.807, 2.05) is 4.90 Å². The summed E-state index contributed by atoms with van der Waals surface area (Å²) in [5, 5.41) is 0. The van der Waals surface area contributed by atoms with Gasteiger partial charge in [0.2, 0.25) is 0 Å². The summed E-state index contributed by atoms with van der Waals surface area (Å²) in [4.78, 5) is 33.1. The van der Waals surface area contributed by atoms with E-state index >= 15 is 0 Å². The Hall–Kier alpha value is -2.81. The molecule has 10 heteroatoms. The molecule has 0 bridgehead atoms. The Morgan fingerprint density at radius 3 is 1.91 bits per heavy atom. The molecular formula is C22H29Cl2N5O3. The minimum Gasteiger partial charge on any atom is -0.423 e. The molecule has 3 rings (SSSR count). The number of hydrogen-bond acceptors (Lipinski definition) is 5. The molecule has 1 fully saturated rings. The molecule has 8 nitrogen and oxygen atoms in total. The van der Waals surface area contributed by atoms with Crippen LogP contribution in [-0.2, 0) is 0 Å². The molecule has 0 radical (unpaired) electrons. The van der Waals surface area contributed by atoms with Gasteiger partial charge in [0.05, 0.1) is 11.3 Å². The molecule has 0 saturated carbocycles. The van der Waals surface area contributed by atoms with Crippen molar-refractivity contribution in [1.82, 2.24) is 9.80 Å². The number of halogens is 2. The number of hydrogen-bond donors (Lipinski definition) is 2. The zero-order valence-electron chi connectivity index (χ0n) is 18.1. The summed E-state index contributed by atoms with van der Waals surface area (Å²) in [6, 6.07) is 13.5. The number of guanidine groups is 1. The van der Waals surface area contributed by atoms with Crippen LogP contribution in [0.4, 0.5) is 5.69 Å². The van der Waals surface area contributed by atoms with E-state index in [0.717, 1.165) is 13.1 Å². The zero-order valence-corrected chi connectivity index (χ0v) is 19.7. The molecule has 0 atom stereocenters. The van der Waals surface area contributed by atoms with Crippen molar-refractivity contribution in [2.24, 2.45) is 16.5 Å². The summed E-state index contributed by atoms with van der Waals surface area (Å²) in [5.41, 5.74) is 12.2. The Kier molecular flexibility index (Phi) is 10.5. The third-order valence-electron chi connectivity index (χ3n) is 5.00. The van der Waals surface area contributed by atoms with Crippen molar-refractivity contribution >= 4 is 48.3 Å². The van der Waals surface area contributed by atoms with Crippen LogP contribution in [0.5, 0.6) is 5.75 Å². The Morgan fingerprint density at radius 1 is 0.875 bits per heavy atom. The normalized spacial score (nSPS) is 13.5. The van der Waals surface area contributed by atoms with Crippen LogP contribution in [0.1, 0.15) is 34.6 Å². The van der Waals surface area contributed by atoms with Crippen molar-refractivity contribution in [1.29, 1.82) is 0 Å². The van der Waals surface area contributed by atoms with Gasteiger partial charge in [-0.25, -0.2) is 9.79 Å². The molecule has 0 aromatic heterocycles. The second kappa shape index (κ2) is 12.3. The maximum absolute atomic E-state index is 12.7. The summed E-state index contributed by atoms with van der Waals surface area (Å²) in [6.07, 6.45) is 0. The zero-order chi connectivity index (χ0) is 21.7. The van der Waals surface area contributed by atoms with E-state index in [-0.39, 0.29) is 36.7 Å². The van der Waals surface area contributed by atoms with Crippen molar-refractivity contribution in [3.63, 3.8) is 0 Å².